The van der Waals surface area contributed by atoms with Gasteiger partial charge in [-0.15, -0.1) is 0 Å². The van der Waals surface area contributed by atoms with Crippen molar-refractivity contribution in [1.29, 1.82) is 0 Å². The number of rotatable bonds is 2. The molecule has 1 aromatic carbocycles. The van der Waals surface area contributed by atoms with Crippen LogP contribution in [0, 0.1) is 0 Å². The van der Waals surface area contributed by atoms with E-state index in [2.05, 4.69) is 30.2 Å². The Bertz CT molecular complexity index is 932. The van der Waals surface area contributed by atoms with E-state index in [0.29, 0.717) is 0 Å². The van der Waals surface area contributed by atoms with Gasteiger partial charge in [-0.05, 0) is 12.1 Å². The summed E-state index contributed by atoms with van der Waals surface area (Å²) in [5.74, 6) is -0.934. The summed E-state index contributed by atoms with van der Waals surface area (Å²) in [6, 6.07) is 7.34. The number of carbonyl (C=O) groups is 1. The van der Waals surface area contributed by atoms with Gasteiger partial charge in [-0.2, -0.15) is 4.99 Å². The molecule has 0 saturated carbocycles. The van der Waals surface area contributed by atoms with Gasteiger partial charge in [0.25, 0.3) is 5.91 Å². The summed E-state index contributed by atoms with van der Waals surface area (Å²) < 4.78 is 0. The number of amides is 1. The highest BCUT2D eigenvalue weighted by Crippen LogP contribution is 2.17. The summed E-state index contributed by atoms with van der Waals surface area (Å²) in [5, 5.41) is 2.19. The normalized spacial score (nSPS) is 11.6. The van der Waals surface area contributed by atoms with Crippen molar-refractivity contribution < 1.29 is 4.79 Å². The van der Waals surface area contributed by atoms with Crippen LogP contribution in [0.4, 0.5) is 17.6 Å². The van der Waals surface area contributed by atoms with Gasteiger partial charge in [-0.1, -0.05) is 23.7 Å². The molecule has 0 aliphatic carbocycles. The third kappa shape index (κ3) is 3.03. The number of halogens is 1. The van der Waals surface area contributed by atoms with Crippen molar-refractivity contribution in [2.75, 3.05) is 11.5 Å². The van der Waals surface area contributed by atoms with Gasteiger partial charge in [0.05, 0.1) is 11.0 Å². The first-order valence-electron chi connectivity index (χ1n) is 6.63. The fraction of sp³-hybridized carbons (Fsp3) is 0. The molecule has 0 spiro atoms. The minimum Gasteiger partial charge on any atom is -0.382 e. The third-order valence-corrected chi connectivity index (χ3v) is 3.24. The predicted octanol–water partition coefficient (Wildman–Crippen LogP) is 0.547. The highest BCUT2D eigenvalue weighted by molar-refractivity contribution is 6.31. The van der Waals surface area contributed by atoms with E-state index in [4.69, 9.17) is 28.8 Å². The molecule has 0 saturated heterocycles. The number of guanidine groups is 1. The SMILES string of the molecule is NC(=Nc1nc2ccccc2[nH]1)NC(=O)c1nc(Cl)c(N)nc1N. The monoisotopic (exact) mass is 345 g/mol. The number of aliphatic imine (C=N–C) groups is 1. The fourth-order valence-electron chi connectivity index (χ4n) is 1.92. The van der Waals surface area contributed by atoms with Gasteiger partial charge < -0.3 is 22.2 Å². The van der Waals surface area contributed by atoms with Crippen LogP contribution in [0.25, 0.3) is 11.0 Å². The quantitative estimate of drug-likeness (QED) is 0.332. The molecule has 0 fully saturated rings. The Kier molecular flexibility index (Phi) is 3.88. The zero-order chi connectivity index (χ0) is 17.3. The molecular weight excluding hydrogens is 334 g/mol. The molecule has 0 aliphatic heterocycles. The number of nitrogens with two attached hydrogens (primary N) is 3. The first kappa shape index (κ1) is 15.5. The smallest absolute Gasteiger partial charge is 0.280 e. The molecule has 1 amide bonds. The van der Waals surface area contributed by atoms with Crippen LogP contribution in [-0.4, -0.2) is 31.8 Å². The first-order valence-corrected chi connectivity index (χ1v) is 7.00. The van der Waals surface area contributed by atoms with Gasteiger partial charge in [0.15, 0.2) is 22.5 Å². The molecule has 3 rings (SSSR count). The zero-order valence-electron chi connectivity index (χ0n) is 12.1. The topological polar surface area (TPSA) is 174 Å². The van der Waals surface area contributed by atoms with Crippen LogP contribution < -0.4 is 22.5 Å². The van der Waals surface area contributed by atoms with Crippen molar-refractivity contribution >= 4 is 52.1 Å². The molecule has 0 unspecified atom stereocenters. The number of nitrogens with one attached hydrogen (secondary N) is 2. The van der Waals surface area contributed by atoms with E-state index in [9.17, 15) is 4.79 Å². The Morgan fingerprint density at radius 3 is 2.67 bits per heavy atom. The summed E-state index contributed by atoms with van der Waals surface area (Å²) in [7, 11) is 0. The molecule has 2 heterocycles. The Labute approximate surface area is 140 Å². The van der Waals surface area contributed by atoms with Crippen LogP contribution in [-0.2, 0) is 0 Å². The Morgan fingerprint density at radius 1 is 1.17 bits per heavy atom. The molecule has 10 nitrogen and oxygen atoms in total. The highest BCUT2D eigenvalue weighted by Gasteiger charge is 2.16. The van der Waals surface area contributed by atoms with Gasteiger partial charge in [0.1, 0.15) is 0 Å². The van der Waals surface area contributed by atoms with Crippen molar-refractivity contribution in [1.82, 2.24) is 25.3 Å². The maximum atomic E-state index is 12.1. The second kappa shape index (κ2) is 6.01. The number of benzene rings is 1. The van der Waals surface area contributed by atoms with Gasteiger partial charge in [-0.25, -0.2) is 15.0 Å². The number of carbonyl (C=O) groups excluding carboxylic acids is 1. The lowest BCUT2D eigenvalue weighted by Gasteiger charge is -2.06. The highest BCUT2D eigenvalue weighted by atomic mass is 35.5. The van der Waals surface area contributed by atoms with E-state index in [0.717, 1.165) is 11.0 Å². The molecule has 24 heavy (non-hydrogen) atoms. The first-order chi connectivity index (χ1) is 11.4. The summed E-state index contributed by atoms with van der Waals surface area (Å²) in [6.07, 6.45) is 0. The van der Waals surface area contributed by atoms with E-state index < -0.39 is 5.91 Å². The van der Waals surface area contributed by atoms with Crippen LogP contribution in [0.2, 0.25) is 5.15 Å². The average molecular weight is 346 g/mol. The van der Waals surface area contributed by atoms with Crippen LogP contribution >= 0.6 is 11.6 Å². The number of hydrogen-bond acceptors (Lipinski definition) is 7. The summed E-state index contributed by atoms with van der Waals surface area (Å²) in [4.78, 5) is 30.7. The van der Waals surface area contributed by atoms with Gasteiger partial charge in [0.2, 0.25) is 11.9 Å². The Morgan fingerprint density at radius 2 is 1.92 bits per heavy atom. The number of fused-ring (bicyclic) bond motifs is 1. The van der Waals surface area contributed by atoms with Gasteiger partial charge in [0, 0.05) is 0 Å². The van der Waals surface area contributed by atoms with E-state index in [1.807, 2.05) is 24.3 Å². The third-order valence-electron chi connectivity index (χ3n) is 2.96. The van der Waals surface area contributed by atoms with Gasteiger partial charge in [-0.3, -0.25) is 10.1 Å². The molecule has 8 N–H and O–H groups in total. The number of imidazole rings is 1. The van der Waals surface area contributed by atoms with E-state index in [1.165, 1.54) is 0 Å². The Balaban J connectivity index is 1.82. The maximum Gasteiger partial charge on any atom is 0.280 e. The number of aromatic nitrogens is 4. The van der Waals surface area contributed by atoms with Crippen molar-refractivity contribution in [3.63, 3.8) is 0 Å². The van der Waals surface area contributed by atoms with Crippen molar-refractivity contribution in [2.45, 2.75) is 0 Å². The average Bonchev–Trinajstić information content (AvgIpc) is 2.92. The molecule has 2 aromatic heterocycles. The summed E-state index contributed by atoms with van der Waals surface area (Å²) in [5.41, 5.74) is 18.0. The largest absolute Gasteiger partial charge is 0.382 e. The lowest BCUT2D eigenvalue weighted by atomic mass is 10.3. The molecule has 0 bridgehead atoms. The number of para-hydroxylation sites is 2. The molecule has 3 aromatic rings. The number of nitrogen functional groups attached to an aromatic ring is 2. The molecule has 0 aliphatic rings. The Hall–Kier alpha value is -3.40. The molecule has 0 radical (unpaired) electrons. The van der Waals surface area contributed by atoms with Crippen LogP contribution in [0.5, 0.6) is 0 Å². The molecule has 0 atom stereocenters. The standard InChI is InChI=1S/C13H12ClN9O/c14-8-10(16)21-9(15)7(20-8)11(24)22-12(17)23-13-18-5-3-1-2-4-6(5)19-13/h1-4H,(H4,15,16,21)(H4,17,18,19,22,23,24). The minimum absolute atomic E-state index is 0.0744. The molecule has 11 heteroatoms. The van der Waals surface area contributed by atoms with Gasteiger partial charge >= 0.3 is 0 Å². The summed E-state index contributed by atoms with van der Waals surface area (Å²) in [6.45, 7) is 0. The number of aromatic amines is 1. The second-order valence-electron chi connectivity index (χ2n) is 4.66. The van der Waals surface area contributed by atoms with Crippen molar-refractivity contribution in [3.8, 4) is 0 Å². The van der Waals surface area contributed by atoms with E-state index in [-0.39, 0.29) is 34.4 Å². The van der Waals surface area contributed by atoms with Crippen LogP contribution in [0.3, 0.4) is 0 Å². The number of hydrogen-bond donors (Lipinski definition) is 5. The molecule has 122 valence electrons. The number of anilines is 2. The number of H-pyrrole nitrogens is 1. The lowest BCUT2D eigenvalue weighted by Crippen LogP contribution is -2.37. The minimum atomic E-state index is -0.723. The second-order valence-corrected chi connectivity index (χ2v) is 5.02. The predicted molar refractivity (Wildman–Crippen MR) is 90.7 cm³/mol. The zero-order valence-corrected chi connectivity index (χ0v) is 12.9. The molecular formula is C13H12ClN9O. The maximum absolute atomic E-state index is 12.1. The lowest BCUT2D eigenvalue weighted by molar-refractivity contribution is 0.0972. The fourth-order valence-corrected chi connectivity index (χ4v) is 2.05. The van der Waals surface area contributed by atoms with Crippen molar-refractivity contribution in [3.05, 3.63) is 35.1 Å². The number of nitrogens with zero attached hydrogens (tertiary/aromatic N) is 4. The summed E-state index contributed by atoms with van der Waals surface area (Å²) >= 11 is 5.73. The van der Waals surface area contributed by atoms with Crippen molar-refractivity contribution in [2.24, 2.45) is 10.7 Å². The van der Waals surface area contributed by atoms with Crippen LogP contribution in [0.1, 0.15) is 10.5 Å². The van der Waals surface area contributed by atoms with E-state index in [1.54, 1.807) is 0 Å². The van der Waals surface area contributed by atoms with E-state index >= 15 is 0 Å². The van der Waals surface area contributed by atoms with Crippen LogP contribution in [0.15, 0.2) is 29.3 Å².